The first-order valence-electron chi connectivity index (χ1n) is 7.93. The number of aromatic nitrogens is 2. The van der Waals surface area contributed by atoms with Crippen molar-refractivity contribution < 1.29 is 13.9 Å². The van der Waals surface area contributed by atoms with Gasteiger partial charge in [-0.3, -0.25) is 4.79 Å². The molecule has 0 N–H and O–H groups in total. The predicted octanol–water partition coefficient (Wildman–Crippen LogP) is 2.98. The number of rotatable bonds is 2. The van der Waals surface area contributed by atoms with E-state index >= 15 is 0 Å². The van der Waals surface area contributed by atoms with Gasteiger partial charge < -0.3 is 9.64 Å². The molecule has 0 bridgehead atoms. The van der Waals surface area contributed by atoms with Crippen LogP contribution in [0.2, 0.25) is 5.15 Å². The zero-order valence-electron chi connectivity index (χ0n) is 13.3. The summed E-state index contributed by atoms with van der Waals surface area (Å²) in [6, 6.07) is 5.84. The lowest BCUT2D eigenvalue weighted by Gasteiger charge is -2.49. The fraction of sp³-hybridized carbons (Fsp3) is 0.412. The van der Waals surface area contributed by atoms with Crippen molar-refractivity contribution in [3.8, 4) is 5.69 Å². The first kappa shape index (κ1) is 15.6. The van der Waals surface area contributed by atoms with E-state index in [2.05, 4.69) is 5.10 Å². The summed E-state index contributed by atoms with van der Waals surface area (Å²) in [7, 11) is 0. The molecule has 0 aliphatic carbocycles. The third kappa shape index (κ3) is 2.24. The van der Waals surface area contributed by atoms with Gasteiger partial charge in [0.25, 0.3) is 5.91 Å². The highest BCUT2D eigenvalue weighted by molar-refractivity contribution is 6.33. The Hall–Kier alpha value is -1.92. The van der Waals surface area contributed by atoms with Gasteiger partial charge in [-0.15, -0.1) is 0 Å². The summed E-state index contributed by atoms with van der Waals surface area (Å²) in [4.78, 5) is 14.9. The second-order valence-electron chi connectivity index (χ2n) is 6.37. The van der Waals surface area contributed by atoms with Crippen molar-refractivity contribution in [1.29, 1.82) is 0 Å². The Bertz CT molecular complexity index is 797. The first-order chi connectivity index (χ1) is 11.5. The highest BCUT2D eigenvalue weighted by Gasteiger charge is 2.50. The molecule has 2 fully saturated rings. The minimum absolute atomic E-state index is 0.109. The molecular weight excluding hydrogens is 333 g/mol. The van der Waals surface area contributed by atoms with Crippen LogP contribution < -0.4 is 0 Å². The lowest BCUT2D eigenvalue weighted by Crippen LogP contribution is -2.62. The molecule has 126 valence electrons. The summed E-state index contributed by atoms with van der Waals surface area (Å²) in [5.74, 6) is -0.443. The van der Waals surface area contributed by atoms with E-state index in [4.69, 9.17) is 16.3 Å². The molecule has 1 aromatic heterocycles. The van der Waals surface area contributed by atoms with Crippen molar-refractivity contribution in [2.24, 2.45) is 0 Å². The molecule has 1 aromatic carbocycles. The maximum atomic E-state index is 13.1. The van der Waals surface area contributed by atoms with Crippen LogP contribution >= 0.6 is 11.6 Å². The number of ether oxygens (including phenoxy) is 1. The van der Waals surface area contributed by atoms with Crippen molar-refractivity contribution in [1.82, 2.24) is 14.7 Å². The molecule has 1 amide bonds. The lowest BCUT2D eigenvalue weighted by molar-refractivity contribution is -0.00798. The van der Waals surface area contributed by atoms with Crippen LogP contribution in [0.4, 0.5) is 4.39 Å². The van der Waals surface area contributed by atoms with Gasteiger partial charge >= 0.3 is 0 Å². The summed E-state index contributed by atoms with van der Waals surface area (Å²) in [5, 5.41) is 4.63. The van der Waals surface area contributed by atoms with E-state index in [1.54, 1.807) is 19.1 Å². The number of halogens is 2. The van der Waals surface area contributed by atoms with E-state index in [1.807, 2.05) is 4.90 Å². The number of nitrogens with zero attached hydrogens (tertiary/aromatic N) is 3. The number of carbonyl (C=O) groups is 1. The molecule has 0 saturated carbocycles. The van der Waals surface area contributed by atoms with Crippen molar-refractivity contribution in [2.75, 3.05) is 19.8 Å². The normalized spacial score (nSPS) is 22.9. The zero-order valence-corrected chi connectivity index (χ0v) is 14.0. The van der Waals surface area contributed by atoms with Crippen molar-refractivity contribution in [2.45, 2.75) is 25.3 Å². The van der Waals surface area contributed by atoms with Crippen LogP contribution in [0, 0.1) is 12.7 Å². The van der Waals surface area contributed by atoms with Crippen LogP contribution in [0.15, 0.2) is 24.3 Å². The molecule has 7 heteroatoms. The molecule has 0 radical (unpaired) electrons. The average molecular weight is 350 g/mol. The Kier molecular flexibility index (Phi) is 3.62. The van der Waals surface area contributed by atoms with E-state index in [0.717, 1.165) is 12.8 Å². The van der Waals surface area contributed by atoms with Gasteiger partial charge in [-0.25, -0.2) is 9.07 Å². The molecule has 1 unspecified atom stereocenters. The number of amides is 1. The Morgan fingerprint density at radius 2 is 2.08 bits per heavy atom. The minimum atomic E-state index is -0.334. The maximum absolute atomic E-state index is 13.1. The second kappa shape index (κ2) is 5.57. The van der Waals surface area contributed by atoms with E-state index in [9.17, 15) is 9.18 Å². The molecule has 2 aliphatic rings. The third-order valence-corrected chi connectivity index (χ3v) is 5.34. The fourth-order valence-corrected chi connectivity index (χ4v) is 3.85. The molecule has 2 aliphatic heterocycles. The van der Waals surface area contributed by atoms with E-state index in [-0.39, 0.29) is 22.4 Å². The van der Waals surface area contributed by atoms with Gasteiger partial charge in [0, 0.05) is 13.2 Å². The predicted molar refractivity (Wildman–Crippen MR) is 87.1 cm³/mol. The van der Waals surface area contributed by atoms with Crippen LogP contribution in [0.1, 0.15) is 28.9 Å². The van der Waals surface area contributed by atoms with Crippen molar-refractivity contribution in [3.05, 3.63) is 46.5 Å². The zero-order chi connectivity index (χ0) is 16.9. The molecule has 2 saturated heterocycles. The molecule has 1 spiro atoms. The first-order valence-corrected chi connectivity index (χ1v) is 8.30. The van der Waals surface area contributed by atoms with Crippen molar-refractivity contribution >= 4 is 17.5 Å². The van der Waals surface area contributed by atoms with Crippen LogP contribution in [-0.2, 0) is 4.74 Å². The number of carbonyl (C=O) groups excluding carboxylic acids is 1. The molecule has 2 aromatic rings. The summed E-state index contributed by atoms with van der Waals surface area (Å²) < 4.78 is 20.1. The summed E-state index contributed by atoms with van der Waals surface area (Å²) in [6.07, 6.45) is 1.82. The smallest absolute Gasteiger partial charge is 0.259 e. The van der Waals surface area contributed by atoms with Crippen molar-refractivity contribution in [3.63, 3.8) is 0 Å². The number of aryl methyl sites for hydroxylation is 1. The van der Waals surface area contributed by atoms with Gasteiger partial charge in [-0.05, 0) is 44.0 Å². The highest BCUT2D eigenvalue weighted by atomic mass is 35.5. The summed E-state index contributed by atoms with van der Waals surface area (Å²) in [5.41, 5.74) is 1.42. The highest BCUT2D eigenvalue weighted by Crippen LogP contribution is 2.40. The largest absolute Gasteiger partial charge is 0.379 e. The topological polar surface area (TPSA) is 47.4 Å². The molecule has 24 heavy (non-hydrogen) atoms. The minimum Gasteiger partial charge on any atom is -0.379 e. The maximum Gasteiger partial charge on any atom is 0.259 e. The molecule has 3 heterocycles. The molecule has 1 atom stereocenters. The molecule has 5 nitrogen and oxygen atoms in total. The van der Waals surface area contributed by atoms with Gasteiger partial charge in [0.05, 0.1) is 29.1 Å². The Labute approximate surface area is 144 Å². The Balaban J connectivity index is 1.69. The lowest BCUT2D eigenvalue weighted by atomic mass is 9.83. The number of hydrogen-bond donors (Lipinski definition) is 0. The van der Waals surface area contributed by atoms with Gasteiger partial charge in [-0.1, -0.05) is 11.6 Å². The van der Waals surface area contributed by atoms with Crippen LogP contribution in [0.25, 0.3) is 5.69 Å². The third-order valence-electron chi connectivity index (χ3n) is 4.99. The standard InChI is InChI=1S/C17H17ClFN3O2/c1-11-14(16(23)21-8-6-17(21)7-9-24-10-17)15(18)22(20-11)13-4-2-12(19)3-5-13/h2-5H,6-10H2,1H3. The van der Waals surface area contributed by atoms with Crippen LogP contribution in [0.3, 0.4) is 0 Å². The van der Waals surface area contributed by atoms with Crippen LogP contribution in [-0.4, -0.2) is 45.9 Å². The van der Waals surface area contributed by atoms with E-state index in [0.29, 0.717) is 36.7 Å². The van der Waals surface area contributed by atoms with E-state index < -0.39 is 0 Å². The quantitative estimate of drug-likeness (QED) is 0.837. The SMILES string of the molecule is Cc1nn(-c2ccc(F)cc2)c(Cl)c1C(=O)N1CCC12CCOC2. The van der Waals surface area contributed by atoms with Gasteiger partial charge in [0.2, 0.25) is 0 Å². The van der Waals surface area contributed by atoms with Crippen LogP contribution in [0.5, 0.6) is 0 Å². The van der Waals surface area contributed by atoms with E-state index in [1.165, 1.54) is 16.8 Å². The second-order valence-corrected chi connectivity index (χ2v) is 6.73. The Morgan fingerprint density at radius 1 is 1.33 bits per heavy atom. The molecular formula is C17H17ClFN3O2. The Morgan fingerprint density at radius 3 is 2.67 bits per heavy atom. The summed E-state index contributed by atoms with van der Waals surface area (Å²) >= 11 is 6.45. The number of benzene rings is 1. The average Bonchev–Trinajstić information content (AvgIpc) is 3.14. The monoisotopic (exact) mass is 349 g/mol. The number of hydrogen-bond acceptors (Lipinski definition) is 3. The fourth-order valence-electron chi connectivity index (χ4n) is 3.49. The number of likely N-dealkylation sites (tertiary alicyclic amines) is 1. The van der Waals surface area contributed by atoms with Gasteiger partial charge in [-0.2, -0.15) is 5.10 Å². The van der Waals surface area contributed by atoms with Gasteiger partial charge in [0.1, 0.15) is 11.0 Å². The molecule has 4 rings (SSSR count). The van der Waals surface area contributed by atoms with Gasteiger partial charge in [0.15, 0.2) is 0 Å². The summed E-state index contributed by atoms with van der Waals surface area (Å²) in [6.45, 7) is 3.74.